The summed E-state index contributed by atoms with van der Waals surface area (Å²) in [5, 5.41) is 10.4. The summed E-state index contributed by atoms with van der Waals surface area (Å²) in [5.41, 5.74) is 2.06. The Morgan fingerprint density at radius 3 is 2.57 bits per heavy atom. The number of carbonyl (C=O) groups is 1. The van der Waals surface area contributed by atoms with Gasteiger partial charge in [0.05, 0.1) is 18.2 Å². The molecule has 146 valence electrons. The highest BCUT2D eigenvalue weighted by molar-refractivity contribution is 6.15. The number of methoxy groups -OCH3 is 1. The molecule has 28 heavy (non-hydrogen) atoms. The van der Waals surface area contributed by atoms with Gasteiger partial charge in [0.15, 0.2) is 5.76 Å². The number of nitrogens with zero attached hydrogens (tertiary/aromatic N) is 1. The number of ketones is 1. The number of benzene rings is 2. The lowest BCUT2D eigenvalue weighted by Gasteiger charge is -2.30. The van der Waals surface area contributed by atoms with Crippen LogP contribution >= 0.6 is 0 Å². The lowest BCUT2D eigenvalue weighted by molar-refractivity contribution is 0.101. The monoisotopic (exact) mass is 379 g/mol. The van der Waals surface area contributed by atoms with Gasteiger partial charge in [-0.05, 0) is 67.8 Å². The van der Waals surface area contributed by atoms with Crippen LogP contribution in [0.3, 0.4) is 0 Å². The predicted octanol–water partition coefficient (Wildman–Crippen LogP) is 4.25. The van der Waals surface area contributed by atoms with Gasteiger partial charge in [0.25, 0.3) is 0 Å². The highest BCUT2D eigenvalue weighted by Crippen LogP contribution is 2.40. The number of phenolic OH excluding ortho intramolecular Hbond substituents is 1. The predicted molar refractivity (Wildman–Crippen MR) is 108 cm³/mol. The van der Waals surface area contributed by atoms with Gasteiger partial charge in [-0.1, -0.05) is 19.1 Å². The zero-order chi connectivity index (χ0) is 19.7. The van der Waals surface area contributed by atoms with Crippen molar-refractivity contribution in [2.24, 2.45) is 5.92 Å². The first-order valence-corrected chi connectivity index (χ1v) is 9.70. The van der Waals surface area contributed by atoms with E-state index in [4.69, 9.17) is 9.47 Å². The van der Waals surface area contributed by atoms with Crippen molar-refractivity contribution in [3.8, 4) is 17.2 Å². The standard InChI is InChI=1S/C23H25NO4/c1-15-9-11-24(12-10-15)14-19-20(25)8-7-18-22(26)21(28-23(18)19)13-16-3-5-17(27-2)6-4-16/h3-8,13,15,25H,9-12,14H2,1-2H3/b21-13-. The first kappa shape index (κ1) is 18.6. The van der Waals surface area contributed by atoms with Crippen molar-refractivity contribution in [1.29, 1.82) is 0 Å². The van der Waals surface area contributed by atoms with E-state index in [1.165, 1.54) is 0 Å². The molecule has 0 atom stereocenters. The number of likely N-dealkylation sites (tertiary alicyclic amines) is 1. The largest absolute Gasteiger partial charge is 0.507 e. The van der Waals surface area contributed by atoms with Crippen molar-refractivity contribution in [2.75, 3.05) is 20.2 Å². The van der Waals surface area contributed by atoms with Gasteiger partial charge in [-0.15, -0.1) is 0 Å². The first-order chi connectivity index (χ1) is 13.5. The molecule has 0 aliphatic carbocycles. The molecule has 0 unspecified atom stereocenters. The molecule has 2 heterocycles. The number of aromatic hydroxyl groups is 1. The maximum absolute atomic E-state index is 12.8. The van der Waals surface area contributed by atoms with Crippen LogP contribution < -0.4 is 9.47 Å². The average Bonchev–Trinajstić information content (AvgIpc) is 3.02. The lowest BCUT2D eigenvalue weighted by atomic mass is 9.98. The minimum Gasteiger partial charge on any atom is -0.507 e. The summed E-state index contributed by atoms with van der Waals surface area (Å²) in [4.78, 5) is 15.1. The summed E-state index contributed by atoms with van der Waals surface area (Å²) >= 11 is 0. The first-order valence-electron chi connectivity index (χ1n) is 9.70. The molecule has 0 spiro atoms. The zero-order valence-electron chi connectivity index (χ0n) is 16.3. The van der Waals surface area contributed by atoms with E-state index in [0.717, 1.165) is 43.2 Å². The highest BCUT2D eigenvalue weighted by Gasteiger charge is 2.32. The van der Waals surface area contributed by atoms with Crippen molar-refractivity contribution in [3.63, 3.8) is 0 Å². The second-order valence-electron chi connectivity index (χ2n) is 7.61. The summed E-state index contributed by atoms with van der Waals surface area (Å²) in [6.45, 7) is 4.84. The van der Waals surface area contributed by atoms with E-state index in [0.29, 0.717) is 23.4 Å². The quantitative estimate of drug-likeness (QED) is 0.805. The number of rotatable bonds is 4. The normalized spacial score (nSPS) is 18.9. The Balaban J connectivity index is 1.60. The molecule has 1 fully saturated rings. The van der Waals surface area contributed by atoms with E-state index < -0.39 is 0 Å². The van der Waals surface area contributed by atoms with Gasteiger partial charge in [0, 0.05) is 6.54 Å². The Bertz CT molecular complexity index is 909. The van der Waals surface area contributed by atoms with Crippen LogP contribution in [0.4, 0.5) is 0 Å². The average molecular weight is 379 g/mol. The molecular weight excluding hydrogens is 354 g/mol. The summed E-state index contributed by atoms with van der Waals surface area (Å²) in [6.07, 6.45) is 4.03. The molecule has 2 aromatic carbocycles. The van der Waals surface area contributed by atoms with E-state index in [-0.39, 0.29) is 17.3 Å². The molecule has 0 radical (unpaired) electrons. The SMILES string of the molecule is COc1ccc(/C=C2\Oc3c(ccc(O)c3CN3CCC(C)CC3)C2=O)cc1. The van der Waals surface area contributed by atoms with Gasteiger partial charge in [0.2, 0.25) is 5.78 Å². The molecule has 1 N–H and O–H groups in total. The Hall–Kier alpha value is -2.79. The Morgan fingerprint density at radius 1 is 1.18 bits per heavy atom. The maximum Gasteiger partial charge on any atom is 0.231 e. The van der Waals surface area contributed by atoms with Crippen LogP contribution in [0.5, 0.6) is 17.2 Å². The minimum absolute atomic E-state index is 0.153. The fraction of sp³-hybridized carbons (Fsp3) is 0.348. The van der Waals surface area contributed by atoms with Crippen molar-refractivity contribution >= 4 is 11.9 Å². The molecule has 5 nitrogen and oxygen atoms in total. The van der Waals surface area contributed by atoms with Gasteiger partial charge >= 0.3 is 0 Å². The Morgan fingerprint density at radius 2 is 1.89 bits per heavy atom. The molecule has 2 aromatic rings. The third kappa shape index (κ3) is 3.62. The lowest BCUT2D eigenvalue weighted by Crippen LogP contribution is -2.32. The van der Waals surface area contributed by atoms with Crippen LogP contribution in [0.15, 0.2) is 42.2 Å². The Labute approximate surface area is 165 Å². The molecule has 2 aliphatic heterocycles. The van der Waals surface area contributed by atoms with Crippen LogP contribution in [-0.4, -0.2) is 36.0 Å². The van der Waals surface area contributed by atoms with Crippen LogP contribution in [-0.2, 0) is 6.54 Å². The second kappa shape index (κ2) is 7.68. The number of phenols is 1. The minimum atomic E-state index is -0.153. The van der Waals surface area contributed by atoms with Crippen LogP contribution in [0.2, 0.25) is 0 Å². The molecule has 0 amide bonds. The molecule has 4 rings (SSSR count). The Kier molecular flexibility index (Phi) is 5.09. The van der Waals surface area contributed by atoms with Crippen molar-refractivity contribution < 1.29 is 19.4 Å². The molecule has 1 saturated heterocycles. The van der Waals surface area contributed by atoms with Crippen LogP contribution in [0, 0.1) is 5.92 Å². The van der Waals surface area contributed by atoms with Gasteiger partial charge in [-0.25, -0.2) is 0 Å². The molecule has 2 aliphatic rings. The number of hydrogen-bond acceptors (Lipinski definition) is 5. The van der Waals surface area contributed by atoms with Crippen LogP contribution in [0.1, 0.15) is 41.3 Å². The van der Waals surface area contributed by atoms with Crippen LogP contribution in [0.25, 0.3) is 6.08 Å². The molecule has 0 saturated carbocycles. The molecule has 0 bridgehead atoms. The maximum atomic E-state index is 12.8. The summed E-state index contributed by atoms with van der Waals surface area (Å²) in [7, 11) is 1.62. The number of ether oxygens (including phenoxy) is 2. The highest BCUT2D eigenvalue weighted by atomic mass is 16.5. The van der Waals surface area contributed by atoms with Gasteiger partial charge in [-0.3, -0.25) is 9.69 Å². The van der Waals surface area contributed by atoms with E-state index in [1.54, 1.807) is 25.3 Å². The summed E-state index contributed by atoms with van der Waals surface area (Å²) in [6, 6.07) is 10.7. The van der Waals surface area contributed by atoms with Crippen molar-refractivity contribution in [3.05, 3.63) is 58.8 Å². The number of piperidine rings is 1. The zero-order valence-corrected chi connectivity index (χ0v) is 16.3. The van der Waals surface area contributed by atoms with Gasteiger partial charge in [0.1, 0.15) is 17.2 Å². The fourth-order valence-electron chi connectivity index (χ4n) is 3.74. The van der Waals surface area contributed by atoms with Gasteiger partial charge in [-0.2, -0.15) is 0 Å². The topological polar surface area (TPSA) is 59.0 Å². The van der Waals surface area contributed by atoms with E-state index >= 15 is 0 Å². The molecule has 5 heteroatoms. The van der Waals surface area contributed by atoms with Crippen molar-refractivity contribution in [2.45, 2.75) is 26.3 Å². The number of carbonyl (C=O) groups excluding carboxylic acids is 1. The molecular formula is C23H25NO4. The number of Topliss-reactive ketones (excluding diaryl/α,β-unsaturated/α-hetero) is 1. The second-order valence-corrected chi connectivity index (χ2v) is 7.61. The number of hydrogen-bond donors (Lipinski definition) is 1. The fourth-order valence-corrected chi connectivity index (χ4v) is 3.74. The van der Waals surface area contributed by atoms with Crippen molar-refractivity contribution in [1.82, 2.24) is 4.90 Å². The molecule has 0 aromatic heterocycles. The summed E-state index contributed by atoms with van der Waals surface area (Å²) < 4.78 is 11.1. The number of allylic oxidation sites excluding steroid dienone is 1. The van der Waals surface area contributed by atoms with E-state index in [2.05, 4.69) is 11.8 Å². The smallest absolute Gasteiger partial charge is 0.231 e. The third-order valence-corrected chi connectivity index (χ3v) is 5.59. The third-order valence-electron chi connectivity index (χ3n) is 5.59. The van der Waals surface area contributed by atoms with E-state index in [1.807, 2.05) is 24.3 Å². The number of fused-ring (bicyclic) bond motifs is 1. The summed E-state index contributed by atoms with van der Waals surface area (Å²) in [5.74, 6) is 2.29. The van der Waals surface area contributed by atoms with E-state index in [9.17, 15) is 9.90 Å². The van der Waals surface area contributed by atoms with Gasteiger partial charge < -0.3 is 14.6 Å².